The first-order chi connectivity index (χ1) is 9.52. The molecule has 0 amide bonds. The van der Waals surface area contributed by atoms with Crippen LogP contribution in [0.5, 0.6) is 5.75 Å². The Hall–Kier alpha value is -1.39. The van der Waals surface area contributed by atoms with Crippen LogP contribution < -0.4 is 4.74 Å². The summed E-state index contributed by atoms with van der Waals surface area (Å²) >= 11 is 9.05. The van der Waals surface area contributed by atoms with Gasteiger partial charge in [-0.15, -0.1) is 0 Å². The van der Waals surface area contributed by atoms with E-state index in [2.05, 4.69) is 15.9 Å². The molecule has 0 radical (unpaired) electrons. The third kappa shape index (κ3) is 3.19. The second kappa shape index (κ2) is 6.37. The number of ether oxygens (including phenoxy) is 1. The van der Waals surface area contributed by atoms with Crippen molar-refractivity contribution in [2.75, 3.05) is 7.11 Å². The van der Waals surface area contributed by atoms with E-state index in [1.807, 2.05) is 0 Å². The van der Waals surface area contributed by atoms with Gasteiger partial charge in [-0.3, -0.25) is 4.79 Å². The summed E-state index contributed by atoms with van der Waals surface area (Å²) in [6.45, 7) is 0. The second-order valence-corrected chi connectivity index (χ2v) is 5.39. The normalized spacial score (nSPS) is 10.4. The number of benzene rings is 2. The fourth-order valence-electron chi connectivity index (χ4n) is 1.85. The van der Waals surface area contributed by atoms with Crippen molar-refractivity contribution in [2.24, 2.45) is 0 Å². The smallest absolute Gasteiger partial charge is 0.171 e. The van der Waals surface area contributed by atoms with Gasteiger partial charge in [-0.1, -0.05) is 23.7 Å². The molecule has 0 spiro atoms. The van der Waals surface area contributed by atoms with E-state index in [-0.39, 0.29) is 12.2 Å². The van der Waals surface area contributed by atoms with Gasteiger partial charge >= 0.3 is 0 Å². The molecule has 0 heterocycles. The average Bonchev–Trinajstić information content (AvgIpc) is 2.43. The Labute approximate surface area is 129 Å². The van der Waals surface area contributed by atoms with E-state index in [9.17, 15) is 9.18 Å². The van der Waals surface area contributed by atoms with Gasteiger partial charge in [0.15, 0.2) is 5.78 Å². The number of rotatable bonds is 4. The standard InChI is InChI=1S/C15H11BrClFO2/c1-20-14-6-5-10(17)8-11(14)13(19)7-9-3-2-4-12(18)15(9)16/h2-6,8H,7H2,1H3. The number of carbonyl (C=O) groups excluding carboxylic acids is 1. The van der Waals surface area contributed by atoms with Gasteiger partial charge in [-0.25, -0.2) is 4.39 Å². The van der Waals surface area contributed by atoms with Crippen LogP contribution in [0.3, 0.4) is 0 Å². The first kappa shape index (κ1) is 15.0. The molecule has 0 aliphatic carbocycles. The highest BCUT2D eigenvalue weighted by atomic mass is 79.9. The third-order valence-electron chi connectivity index (χ3n) is 2.84. The second-order valence-electron chi connectivity index (χ2n) is 4.16. The highest BCUT2D eigenvalue weighted by Crippen LogP contribution is 2.26. The molecule has 104 valence electrons. The number of hydrogen-bond donors (Lipinski definition) is 0. The minimum Gasteiger partial charge on any atom is -0.496 e. The fraction of sp³-hybridized carbons (Fsp3) is 0.133. The number of halogens is 3. The zero-order chi connectivity index (χ0) is 14.7. The minimum absolute atomic E-state index is 0.0645. The maximum Gasteiger partial charge on any atom is 0.171 e. The van der Waals surface area contributed by atoms with Crippen molar-refractivity contribution in [2.45, 2.75) is 6.42 Å². The maximum absolute atomic E-state index is 13.4. The Morgan fingerprint density at radius 1 is 1.35 bits per heavy atom. The van der Waals surface area contributed by atoms with Crippen molar-refractivity contribution < 1.29 is 13.9 Å². The number of Topliss-reactive ketones (excluding diaryl/α,β-unsaturated/α-hetero) is 1. The molecule has 2 aromatic carbocycles. The molecule has 2 rings (SSSR count). The molecule has 0 saturated carbocycles. The highest BCUT2D eigenvalue weighted by Gasteiger charge is 2.16. The summed E-state index contributed by atoms with van der Waals surface area (Å²) in [6.07, 6.45) is 0.0645. The van der Waals surface area contributed by atoms with E-state index >= 15 is 0 Å². The van der Waals surface area contributed by atoms with E-state index in [0.717, 1.165) is 0 Å². The number of hydrogen-bond acceptors (Lipinski definition) is 2. The predicted octanol–water partition coefficient (Wildman–Crippen LogP) is 4.68. The largest absolute Gasteiger partial charge is 0.496 e. The van der Waals surface area contributed by atoms with Crippen LogP contribution in [0.15, 0.2) is 40.9 Å². The van der Waals surface area contributed by atoms with Crippen LogP contribution in [0.1, 0.15) is 15.9 Å². The molecule has 2 nitrogen and oxygen atoms in total. The topological polar surface area (TPSA) is 26.3 Å². The lowest BCUT2D eigenvalue weighted by Crippen LogP contribution is -2.06. The van der Waals surface area contributed by atoms with Crippen LogP contribution in [-0.4, -0.2) is 12.9 Å². The summed E-state index contributed by atoms with van der Waals surface area (Å²) in [5.41, 5.74) is 0.966. The van der Waals surface area contributed by atoms with Crippen molar-refractivity contribution >= 4 is 33.3 Å². The first-order valence-corrected chi connectivity index (χ1v) is 6.99. The number of methoxy groups -OCH3 is 1. The molecule has 0 aliphatic heterocycles. The van der Waals surface area contributed by atoms with Crippen LogP contribution in [0, 0.1) is 5.82 Å². The van der Waals surface area contributed by atoms with Gasteiger partial charge in [0.2, 0.25) is 0 Å². The van der Waals surface area contributed by atoms with E-state index in [1.165, 1.54) is 13.2 Å². The predicted molar refractivity (Wildman–Crippen MR) is 80.1 cm³/mol. The molecule has 0 bridgehead atoms. The van der Waals surface area contributed by atoms with Crippen LogP contribution in [0.25, 0.3) is 0 Å². The molecule has 0 atom stereocenters. The summed E-state index contributed by atoms with van der Waals surface area (Å²) in [6, 6.07) is 9.43. The molecular weight excluding hydrogens is 347 g/mol. The number of ketones is 1. The Morgan fingerprint density at radius 2 is 2.10 bits per heavy atom. The number of carbonyl (C=O) groups is 1. The average molecular weight is 358 g/mol. The van der Waals surface area contributed by atoms with Crippen LogP contribution in [0.4, 0.5) is 4.39 Å². The lowest BCUT2D eigenvalue weighted by Gasteiger charge is -2.09. The Bertz CT molecular complexity index is 658. The summed E-state index contributed by atoms with van der Waals surface area (Å²) in [4.78, 5) is 12.3. The van der Waals surface area contributed by atoms with Crippen molar-refractivity contribution in [3.63, 3.8) is 0 Å². The van der Waals surface area contributed by atoms with Crippen LogP contribution >= 0.6 is 27.5 Å². The van der Waals surface area contributed by atoms with Crippen LogP contribution in [-0.2, 0) is 6.42 Å². The Kier molecular flexibility index (Phi) is 4.78. The highest BCUT2D eigenvalue weighted by molar-refractivity contribution is 9.10. The molecule has 5 heteroatoms. The molecule has 0 aromatic heterocycles. The summed E-state index contributed by atoms with van der Waals surface area (Å²) in [5, 5.41) is 0.451. The first-order valence-electron chi connectivity index (χ1n) is 5.82. The quantitative estimate of drug-likeness (QED) is 0.743. The monoisotopic (exact) mass is 356 g/mol. The van der Waals surface area contributed by atoms with Crippen LogP contribution in [0.2, 0.25) is 5.02 Å². The van der Waals surface area contributed by atoms with Gasteiger partial charge in [-0.05, 0) is 45.8 Å². The molecule has 0 fully saturated rings. The SMILES string of the molecule is COc1ccc(Cl)cc1C(=O)Cc1cccc(F)c1Br. The third-order valence-corrected chi connectivity index (χ3v) is 3.97. The molecule has 0 aliphatic rings. The molecule has 0 N–H and O–H groups in total. The molecule has 0 saturated heterocycles. The van der Waals surface area contributed by atoms with E-state index in [0.29, 0.717) is 26.4 Å². The molecular formula is C15H11BrClFO2. The zero-order valence-electron chi connectivity index (χ0n) is 10.6. The van der Waals surface area contributed by atoms with Crippen molar-refractivity contribution in [1.82, 2.24) is 0 Å². The van der Waals surface area contributed by atoms with Gasteiger partial charge < -0.3 is 4.74 Å². The lowest BCUT2D eigenvalue weighted by atomic mass is 10.0. The summed E-state index contributed by atoms with van der Waals surface area (Å²) in [5.74, 6) is -0.129. The zero-order valence-corrected chi connectivity index (χ0v) is 13.0. The van der Waals surface area contributed by atoms with Gasteiger partial charge in [0.05, 0.1) is 17.1 Å². The Balaban J connectivity index is 2.33. The fourth-order valence-corrected chi connectivity index (χ4v) is 2.43. The molecule has 20 heavy (non-hydrogen) atoms. The molecule has 0 unspecified atom stereocenters. The van der Waals surface area contributed by atoms with Gasteiger partial charge in [-0.2, -0.15) is 0 Å². The Morgan fingerprint density at radius 3 is 2.80 bits per heavy atom. The van der Waals surface area contributed by atoms with Gasteiger partial charge in [0.25, 0.3) is 0 Å². The lowest BCUT2D eigenvalue weighted by molar-refractivity contribution is 0.0990. The van der Waals surface area contributed by atoms with Gasteiger partial charge in [0.1, 0.15) is 11.6 Å². The summed E-state index contributed by atoms with van der Waals surface area (Å²) < 4.78 is 18.9. The van der Waals surface area contributed by atoms with E-state index in [1.54, 1.807) is 30.3 Å². The van der Waals surface area contributed by atoms with Gasteiger partial charge in [0, 0.05) is 11.4 Å². The minimum atomic E-state index is -0.395. The van der Waals surface area contributed by atoms with Crippen molar-refractivity contribution in [1.29, 1.82) is 0 Å². The van der Waals surface area contributed by atoms with Crippen molar-refractivity contribution in [3.8, 4) is 5.75 Å². The van der Waals surface area contributed by atoms with Crippen molar-refractivity contribution in [3.05, 3.63) is 62.8 Å². The molecule has 2 aromatic rings. The van der Waals surface area contributed by atoms with E-state index < -0.39 is 5.82 Å². The summed E-state index contributed by atoms with van der Waals surface area (Å²) in [7, 11) is 1.48. The maximum atomic E-state index is 13.4. The van der Waals surface area contributed by atoms with E-state index in [4.69, 9.17) is 16.3 Å².